The largest absolute Gasteiger partial charge is 0.477 e. The van der Waals surface area contributed by atoms with Crippen LogP contribution in [0.15, 0.2) is 34.3 Å². The molecule has 1 N–H and O–H groups in total. The zero-order valence-electron chi connectivity index (χ0n) is 10.8. The van der Waals surface area contributed by atoms with E-state index >= 15 is 0 Å². The molecule has 0 bridgehead atoms. The SMILES string of the molecule is CC12CC(Cl)=C(F)C=C1C(=O)C(C(=O)O)=CN2C1CC1. The molecule has 0 radical (unpaired) electrons. The molecule has 0 spiro atoms. The van der Waals surface area contributed by atoms with Gasteiger partial charge < -0.3 is 10.0 Å². The highest BCUT2D eigenvalue weighted by atomic mass is 35.5. The maximum absolute atomic E-state index is 13.7. The Kier molecular flexibility index (Phi) is 2.80. The van der Waals surface area contributed by atoms with Gasteiger partial charge in [0.05, 0.1) is 10.6 Å². The van der Waals surface area contributed by atoms with Crippen molar-refractivity contribution >= 4 is 23.4 Å². The monoisotopic (exact) mass is 297 g/mol. The Balaban J connectivity index is 2.16. The average Bonchev–Trinajstić information content (AvgIpc) is 3.16. The highest BCUT2D eigenvalue weighted by Crippen LogP contribution is 2.47. The normalized spacial score (nSPS) is 29.9. The van der Waals surface area contributed by atoms with Gasteiger partial charge in [0.15, 0.2) is 5.78 Å². The predicted octanol–water partition coefficient (Wildman–Crippen LogP) is 2.51. The van der Waals surface area contributed by atoms with E-state index in [-0.39, 0.29) is 28.6 Å². The summed E-state index contributed by atoms with van der Waals surface area (Å²) in [7, 11) is 0. The van der Waals surface area contributed by atoms with E-state index in [9.17, 15) is 14.0 Å². The fourth-order valence-electron chi connectivity index (χ4n) is 2.88. The third-order valence-corrected chi connectivity index (χ3v) is 4.42. The lowest BCUT2D eigenvalue weighted by Crippen LogP contribution is -2.53. The van der Waals surface area contributed by atoms with Crippen LogP contribution in [0.25, 0.3) is 0 Å². The van der Waals surface area contributed by atoms with Crippen LogP contribution in [0.4, 0.5) is 4.39 Å². The zero-order valence-corrected chi connectivity index (χ0v) is 11.6. The van der Waals surface area contributed by atoms with Crippen LogP contribution in [0.3, 0.4) is 0 Å². The summed E-state index contributed by atoms with van der Waals surface area (Å²) >= 11 is 5.90. The Bertz CT molecular complexity index is 618. The maximum Gasteiger partial charge on any atom is 0.341 e. The number of hydrogen-bond donors (Lipinski definition) is 1. The van der Waals surface area contributed by atoms with E-state index in [1.165, 1.54) is 6.20 Å². The van der Waals surface area contributed by atoms with Crippen molar-refractivity contribution in [3.8, 4) is 0 Å². The second kappa shape index (κ2) is 4.19. The molecule has 0 saturated heterocycles. The van der Waals surface area contributed by atoms with Gasteiger partial charge in [0.25, 0.3) is 0 Å². The van der Waals surface area contributed by atoms with Crippen LogP contribution in [-0.2, 0) is 9.59 Å². The molecule has 6 heteroatoms. The Morgan fingerprint density at radius 2 is 2.20 bits per heavy atom. The first-order valence-electron chi connectivity index (χ1n) is 6.39. The zero-order chi connectivity index (χ0) is 14.7. The fourth-order valence-corrected chi connectivity index (χ4v) is 3.20. The Morgan fingerprint density at radius 1 is 1.55 bits per heavy atom. The van der Waals surface area contributed by atoms with Crippen molar-refractivity contribution in [3.05, 3.63) is 34.3 Å². The molecular formula is C14H13ClFNO3. The molecule has 0 amide bonds. The van der Waals surface area contributed by atoms with Crippen LogP contribution in [-0.4, -0.2) is 33.3 Å². The highest BCUT2D eigenvalue weighted by molar-refractivity contribution is 6.31. The molecule has 1 saturated carbocycles. The molecular weight excluding hydrogens is 285 g/mol. The molecule has 1 unspecified atom stereocenters. The molecule has 4 nitrogen and oxygen atoms in total. The molecule has 106 valence electrons. The molecule has 20 heavy (non-hydrogen) atoms. The summed E-state index contributed by atoms with van der Waals surface area (Å²) in [5.41, 5.74) is -0.901. The second-order valence-electron chi connectivity index (χ2n) is 5.58. The summed E-state index contributed by atoms with van der Waals surface area (Å²) in [5, 5.41) is 9.22. The molecule has 3 rings (SSSR count). The van der Waals surface area contributed by atoms with Gasteiger partial charge in [-0.3, -0.25) is 4.79 Å². The van der Waals surface area contributed by atoms with Gasteiger partial charge in [0, 0.05) is 24.2 Å². The van der Waals surface area contributed by atoms with Gasteiger partial charge in [-0.1, -0.05) is 11.6 Å². The van der Waals surface area contributed by atoms with Gasteiger partial charge in [0.2, 0.25) is 0 Å². The number of Topliss-reactive ketones (excluding diaryl/α,β-unsaturated/α-hetero) is 1. The van der Waals surface area contributed by atoms with Crippen molar-refractivity contribution in [1.29, 1.82) is 0 Å². The van der Waals surface area contributed by atoms with Crippen molar-refractivity contribution in [3.63, 3.8) is 0 Å². The maximum atomic E-state index is 13.7. The number of allylic oxidation sites excluding steroid dienone is 2. The molecule has 0 aromatic carbocycles. The van der Waals surface area contributed by atoms with E-state index in [0.29, 0.717) is 0 Å². The minimum atomic E-state index is -1.29. The van der Waals surface area contributed by atoms with E-state index < -0.39 is 23.1 Å². The Hall–Kier alpha value is -1.62. The molecule has 3 aliphatic rings. The summed E-state index contributed by atoms with van der Waals surface area (Å²) in [4.78, 5) is 25.3. The van der Waals surface area contributed by atoms with E-state index in [1.807, 2.05) is 4.90 Å². The number of nitrogens with zero attached hydrogens (tertiary/aromatic N) is 1. The number of carboxylic acid groups (broad SMARTS) is 1. The second-order valence-corrected chi connectivity index (χ2v) is 6.03. The lowest BCUT2D eigenvalue weighted by molar-refractivity contribution is -0.134. The first kappa shape index (κ1) is 13.4. The topological polar surface area (TPSA) is 57.6 Å². The highest BCUT2D eigenvalue weighted by Gasteiger charge is 2.50. The molecule has 0 aromatic rings. The number of carboxylic acids is 1. The number of carbonyl (C=O) groups is 2. The molecule has 1 atom stereocenters. The van der Waals surface area contributed by atoms with Crippen LogP contribution in [0.5, 0.6) is 0 Å². The van der Waals surface area contributed by atoms with Gasteiger partial charge in [-0.05, 0) is 25.8 Å². The van der Waals surface area contributed by atoms with E-state index in [4.69, 9.17) is 16.7 Å². The van der Waals surface area contributed by atoms with Crippen LogP contribution in [0.2, 0.25) is 0 Å². The molecule has 1 heterocycles. The van der Waals surface area contributed by atoms with E-state index in [2.05, 4.69) is 0 Å². The predicted molar refractivity (Wildman–Crippen MR) is 70.7 cm³/mol. The molecule has 0 aromatic heterocycles. The number of aliphatic carboxylic acids is 1. The fraction of sp³-hybridized carbons (Fsp3) is 0.429. The third-order valence-electron chi connectivity index (χ3n) is 4.11. The van der Waals surface area contributed by atoms with Gasteiger partial charge in [0.1, 0.15) is 11.4 Å². The van der Waals surface area contributed by atoms with Crippen LogP contribution < -0.4 is 0 Å². The van der Waals surface area contributed by atoms with Gasteiger partial charge in [-0.25, -0.2) is 9.18 Å². The summed E-state index contributed by atoms with van der Waals surface area (Å²) in [6.07, 6.45) is 4.53. The van der Waals surface area contributed by atoms with Crippen LogP contribution in [0.1, 0.15) is 26.2 Å². The number of rotatable bonds is 2. The van der Waals surface area contributed by atoms with Crippen molar-refractivity contribution in [2.75, 3.05) is 0 Å². The first-order valence-corrected chi connectivity index (χ1v) is 6.77. The number of halogens is 2. The van der Waals surface area contributed by atoms with Crippen molar-refractivity contribution in [1.82, 2.24) is 4.90 Å². The van der Waals surface area contributed by atoms with Crippen molar-refractivity contribution in [2.24, 2.45) is 0 Å². The quantitative estimate of drug-likeness (QED) is 0.796. The Morgan fingerprint density at radius 3 is 2.75 bits per heavy atom. The van der Waals surface area contributed by atoms with Crippen LogP contribution in [0, 0.1) is 0 Å². The summed E-state index contributed by atoms with van der Waals surface area (Å²) in [6.45, 7) is 1.80. The van der Waals surface area contributed by atoms with E-state index in [1.54, 1.807) is 6.92 Å². The summed E-state index contributed by atoms with van der Waals surface area (Å²) in [6, 6.07) is 0.191. The Labute approximate surface area is 120 Å². The first-order chi connectivity index (χ1) is 9.34. The van der Waals surface area contributed by atoms with Gasteiger partial charge in [-0.15, -0.1) is 0 Å². The molecule has 1 aliphatic heterocycles. The molecule has 1 fully saturated rings. The van der Waals surface area contributed by atoms with E-state index in [0.717, 1.165) is 18.9 Å². The number of ketones is 1. The van der Waals surface area contributed by atoms with Crippen molar-refractivity contribution < 1.29 is 19.1 Å². The number of fused-ring (bicyclic) bond motifs is 1. The van der Waals surface area contributed by atoms with Crippen LogP contribution >= 0.6 is 11.6 Å². The average molecular weight is 298 g/mol. The standard InChI is InChI=1S/C14H13ClFNO3/c1-14-5-10(15)11(16)4-9(14)12(18)8(13(19)20)6-17(14)7-2-3-7/h4,6-7H,2-3,5H2,1H3,(H,19,20). The lowest BCUT2D eigenvalue weighted by Gasteiger charge is -2.46. The minimum Gasteiger partial charge on any atom is -0.477 e. The smallest absolute Gasteiger partial charge is 0.341 e. The lowest BCUT2D eigenvalue weighted by atomic mass is 9.76. The van der Waals surface area contributed by atoms with Crippen molar-refractivity contribution in [2.45, 2.75) is 37.8 Å². The minimum absolute atomic E-state index is 0.0712. The molecule has 2 aliphatic carbocycles. The number of carbonyl (C=O) groups excluding carboxylic acids is 1. The number of hydrogen-bond acceptors (Lipinski definition) is 3. The summed E-state index contributed by atoms with van der Waals surface area (Å²) < 4.78 is 13.7. The van der Waals surface area contributed by atoms with Gasteiger partial charge >= 0.3 is 5.97 Å². The summed E-state index contributed by atoms with van der Waals surface area (Å²) in [5.74, 6) is -2.57. The van der Waals surface area contributed by atoms with Gasteiger partial charge in [-0.2, -0.15) is 0 Å². The third kappa shape index (κ3) is 1.80.